The maximum Gasteiger partial charge on any atom is 0.151 e. The summed E-state index contributed by atoms with van der Waals surface area (Å²) in [4.78, 5) is 1.05. The molecule has 5 heteroatoms. The van der Waals surface area contributed by atoms with Crippen LogP contribution in [0.3, 0.4) is 0 Å². The minimum Gasteiger partial charge on any atom is -0.497 e. The molecule has 0 atom stereocenters. The Morgan fingerprint density at radius 2 is 2.06 bits per heavy atom. The van der Waals surface area contributed by atoms with Crippen LogP contribution in [0.2, 0.25) is 5.15 Å². The van der Waals surface area contributed by atoms with Gasteiger partial charge in [0.1, 0.15) is 10.8 Å². The summed E-state index contributed by atoms with van der Waals surface area (Å²) in [5.41, 5.74) is 0. The molecule has 0 aliphatic heterocycles. The predicted octanol–water partition coefficient (Wildman–Crippen LogP) is 3.29. The van der Waals surface area contributed by atoms with Gasteiger partial charge in [0.25, 0.3) is 0 Å². The molecule has 16 heavy (non-hydrogen) atoms. The zero-order valence-electron chi connectivity index (χ0n) is 8.55. The van der Waals surface area contributed by atoms with Crippen LogP contribution in [0, 0.1) is 0 Å². The van der Waals surface area contributed by atoms with Crippen molar-refractivity contribution in [3.8, 4) is 5.75 Å². The van der Waals surface area contributed by atoms with Gasteiger partial charge in [0.15, 0.2) is 5.15 Å². The number of rotatable bonds is 3. The highest BCUT2D eigenvalue weighted by atomic mass is 35.5. The Morgan fingerprint density at radius 1 is 1.19 bits per heavy atom. The third-order valence-electron chi connectivity index (χ3n) is 1.87. The molecule has 0 aliphatic rings. The predicted molar refractivity (Wildman–Crippen MR) is 64.2 cm³/mol. The molecule has 0 unspecified atom stereocenters. The first-order chi connectivity index (χ1) is 7.78. The number of hydrogen-bond acceptors (Lipinski definition) is 4. The highest BCUT2D eigenvalue weighted by Crippen LogP contribution is 2.28. The van der Waals surface area contributed by atoms with Crippen molar-refractivity contribution < 1.29 is 4.74 Å². The topological polar surface area (TPSA) is 35.0 Å². The second-order valence-corrected chi connectivity index (χ2v) is 4.46. The molecule has 0 N–H and O–H groups in total. The number of aromatic nitrogens is 2. The van der Waals surface area contributed by atoms with Crippen molar-refractivity contribution in [3.05, 3.63) is 41.6 Å². The van der Waals surface area contributed by atoms with Crippen molar-refractivity contribution in [1.82, 2.24) is 10.2 Å². The molecule has 0 spiro atoms. The summed E-state index contributed by atoms with van der Waals surface area (Å²) in [6.45, 7) is 0. The van der Waals surface area contributed by atoms with Crippen molar-refractivity contribution in [2.24, 2.45) is 0 Å². The van der Waals surface area contributed by atoms with E-state index in [2.05, 4.69) is 10.2 Å². The number of halogens is 1. The van der Waals surface area contributed by atoms with Crippen LogP contribution >= 0.6 is 23.4 Å². The molecule has 1 aromatic carbocycles. The fourth-order valence-corrected chi connectivity index (χ4v) is 2.03. The van der Waals surface area contributed by atoms with Gasteiger partial charge >= 0.3 is 0 Å². The molecule has 3 nitrogen and oxygen atoms in total. The molecule has 0 saturated carbocycles. The summed E-state index contributed by atoms with van der Waals surface area (Å²) < 4.78 is 5.14. The average Bonchev–Trinajstić information content (AvgIpc) is 2.32. The van der Waals surface area contributed by atoms with Gasteiger partial charge in [0.2, 0.25) is 0 Å². The van der Waals surface area contributed by atoms with Gasteiger partial charge in [-0.3, -0.25) is 0 Å². The molecular formula is C11H9ClN2OS. The van der Waals surface area contributed by atoms with Crippen LogP contribution in [0.5, 0.6) is 5.75 Å². The van der Waals surface area contributed by atoms with Crippen LogP contribution in [0.1, 0.15) is 0 Å². The fraction of sp³-hybridized carbons (Fsp3) is 0.0909. The van der Waals surface area contributed by atoms with Gasteiger partial charge in [-0.2, -0.15) is 0 Å². The minimum atomic E-state index is 0.398. The maximum atomic E-state index is 5.66. The number of nitrogens with zero attached hydrogens (tertiary/aromatic N) is 2. The molecule has 0 bridgehead atoms. The number of methoxy groups -OCH3 is 1. The zero-order valence-corrected chi connectivity index (χ0v) is 10.1. The second kappa shape index (κ2) is 5.18. The van der Waals surface area contributed by atoms with E-state index >= 15 is 0 Å². The van der Waals surface area contributed by atoms with Crippen LogP contribution in [0.25, 0.3) is 0 Å². The quantitative estimate of drug-likeness (QED) is 0.840. The van der Waals surface area contributed by atoms with E-state index in [1.54, 1.807) is 13.2 Å². The minimum absolute atomic E-state index is 0.398. The number of hydrogen-bond donors (Lipinski definition) is 0. The lowest BCUT2D eigenvalue weighted by atomic mass is 10.3. The Labute approximate surface area is 103 Å². The average molecular weight is 253 g/mol. The van der Waals surface area contributed by atoms with E-state index in [0.717, 1.165) is 15.7 Å². The second-order valence-electron chi connectivity index (χ2n) is 2.98. The summed E-state index contributed by atoms with van der Waals surface area (Å²) >= 11 is 7.17. The van der Waals surface area contributed by atoms with Crippen LogP contribution in [-0.4, -0.2) is 17.3 Å². The van der Waals surface area contributed by atoms with Crippen molar-refractivity contribution >= 4 is 23.4 Å². The highest BCUT2D eigenvalue weighted by molar-refractivity contribution is 7.99. The third-order valence-corrected chi connectivity index (χ3v) is 2.99. The fourth-order valence-electron chi connectivity index (χ4n) is 1.14. The van der Waals surface area contributed by atoms with E-state index in [4.69, 9.17) is 16.3 Å². The van der Waals surface area contributed by atoms with Gasteiger partial charge in [-0.05, 0) is 30.3 Å². The summed E-state index contributed by atoms with van der Waals surface area (Å²) in [6.07, 6.45) is 0. The van der Waals surface area contributed by atoms with E-state index in [9.17, 15) is 0 Å². The molecule has 0 saturated heterocycles. The largest absolute Gasteiger partial charge is 0.497 e. The maximum absolute atomic E-state index is 5.66. The summed E-state index contributed by atoms with van der Waals surface area (Å²) in [7, 11) is 1.64. The van der Waals surface area contributed by atoms with Crippen LogP contribution in [0.15, 0.2) is 46.3 Å². The molecule has 0 fully saturated rings. The smallest absolute Gasteiger partial charge is 0.151 e. The molecule has 0 aliphatic carbocycles. The van der Waals surface area contributed by atoms with Gasteiger partial charge < -0.3 is 4.74 Å². The Hall–Kier alpha value is -1.26. The SMILES string of the molecule is COc1cccc(Sc2ccc(Cl)nn2)c1. The third kappa shape index (κ3) is 2.87. The van der Waals surface area contributed by atoms with E-state index in [0.29, 0.717) is 5.15 Å². The van der Waals surface area contributed by atoms with Crippen molar-refractivity contribution in [2.45, 2.75) is 9.92 Å². The first kappa shape index (κ1) is 11.2. The van der Waals surface area contributed by atoms with Crippen molar-refractivity contribution in [1.29, 1.82) is 0 Å². The summed E-state index contributed by atoms with van der Waals surface area (Å²) in [6, 6.07) is 11.3. The summed E-state index contributed by atoms with van der Waals surface area (Å²) in [5, 5.41) is 8.95. The molecule has 1 heterocycles. The van der Waals surface area contributed by atoms with Crippen molar-refractivity contribution in [2.75, 3.05) is 7.11 Å². The molecule has 0 radical (unpaired) electrons. The Kier molecular flexibility index (Phi) is 3.64. The number of benzene rings is 1. The normalized spacial score (nSPS) is 10.1. The Morgan fingerprint density at radius 3 is 2.75 bits per heavy atom. The van der Waals surface area contributed by atoms with Gasteiger partial charge in [-0.15, -0.1) is 10.2 Å². The molecule has 2 aromatic rings. The lowest BCUT2D eigenvalue weighted by molar-refractivity contribution is 0.413. The standard InChI is InChI=1S/C11H9ClN2OS/c1-15-8-3-2-4-9(7-8)16-11-6-5-10(12)13-14-11/h2-7H,1H3. The van der Waals surface area contributed by atoms with Gasteiger partial charge in [0, 0.05) is 4.90 Å². The van der Waals surface area contributed by atoms with Gasteiger partial charge in [-0.1, -0.05) is 29.4 Å². The Bertz CT molecular complexity index is 476. The van der Waals surface area contributed by atoms with Crippen LogP contribution < -0.4 is 4.74 Å². The van der Waals surface area contributed by atoms with Gasteiger partial charge in [0.05, 0.1) is 7.11 Å². The Balaban J connectivity index is 2.16. The van der Waals surface area contributed by atoms with E-state index in [-0.39, 0.29) is 0 Å². The lowest BCUT2D eigenvalue weighted by Gasteiger charge is -2.03. The lowest BCUT2D eigenvalue weighted by Crippen LogP contribution is -1.85. The van der Waals surface area contributed by atoms with E-state index in [1.807, 2.05) is 30.3 Å². The zero-order chi connectivity index (χ0) is 11.4. The van der Waals surface area contributed by atoms with Crippen LogP contribution in [-0.2, 0) is 0 Å². The van der Waals surface area contributed by atoms with E-state index in [1.165, 1.54) is 11.8 Å². The molecule has 2 rings (SSSR count). The highest BCUT2D eigenvalue weighted by Gasteiger charge is 2.01. The monoisotopic (exact) mass is 252 g/mol. The molecule has 0 amide bonds. The van der Waals surface area contributed by atoms with Crippen molar-refractivity contribution in [3.63, 3.8) is 0 Å². The van der Waals surface area contributed by atoms with E-state index < -0.39 is 0 Å². The first-order valence-corrected chi connectivity index (χ1v) is 5.78. The van der Waals surface area contributed by atoms with Crippen LogP contribution in [0.4, 0.5) is 0 Å². The van der Waals surface area contributed by atoms with Gasteiger partial charge in [-0.25, -0.2) is 0 Å². The molecular weight excluding hydrogens is 244 g/mol. The molecule has 1 aromatic heterocycles. The number of ether oxygens (including phenoxy) is 1. The first-order valence-electron chi connectivity index (χ1n) is 4.59. The molecule has 82 valence electrons. The summed E-state index contributed by atoms with van der Waals surface area (Å²) in [5.74, 6) is 0.826.